The Morgan fingerprint density at radius 1 is 1.19 bits per heavy atom. The zero-order valence-electron chi connectivity index (χ0n) is 16.3. The number of hydrogen-bond acceptors (Lipinski definition) is 4. The molecule has 166 valence electrons. The van der Waals surface area contributed by atoms with Crippen LogP contribution in [0.1, 0.15) is 18.2 Å². The number of carbonyl (C=O) groups excluding carboxylic acids is 2. The number of rotatable bonds is 5. The van der Waals surface area contributed by atoms with Crippen molar-refractivity contribution in [2.45, 2.75) is 13.1 Å². The maximum Gasteiger partial charge on any atom is 0.416 e. The van der Waals surface area contributed by atoms with Crippen molar-refractivity contribution in [3.63, 3.8) is 0 Å². The van der Waals surface area contributed by atoms with Gasteiger partial charge in [-0.15, -0.1) is 11.3 Å². The highest BCUT2D eigenvalue weighted by atomic mass is 35.5. The summed E-state index contributed by atoms with van der Waals surface area (Å²) in [7, 11) is 0. The Labute approximate surface area is 189 Å². The van der Waals surface area contributed by atoms with Crippen molar-refractivity contribution in [2.24, 2.45) is 0 Å². The third-order valence-electron chi connectivity index (χ3n) is 4.04. The highest BCUT2D eigenvalue weighted by Crippen LogP contribution is 2.35. The van der Waals surface area contributed by atoms with Crippen molar-refractivity contribution in [2.75, 3.05) is 10.2 Å². The SMILES string of the molecule is CC(=O)N(c1cccc(C(F)(F)F)c1)c1nc(/C=C/C(=O)Nc2ccc(F)c(Cl)c2)cs1. The molecule has 0 fully saturated rings. The summed E-state index contributed by atoms with van der Waals surface area (Å²) < 4.78 is 52.3. The van der Waals surface area contributed by atoms with Crippen molar-refractivity contribution in [1.82, 2.24) is 4.98 Å². The number of hydrogen-bond donors (Lipinski definition) is 1. The number of nitrogens with zero attached hydrogens (tertiary/aromatic N) is 2. The van der Waals surface area contributed by atoms with Crippen LogP contribution in [0.25, 0.3) is 6.08 Å². The van der Waals surface area contributed by atoms with Gasteiger partial charge in [-0.2, -0.15) is 13.2 Å². The number of alkyl halides is 3. The second-order valence-corrected chi connectivity index (χ2v) is 7.65. The van der Waals surface area contributed by atoms with Gasteiger partial charge in [-0.25, -0.2) is 9.37 Å². The molecule has 2 aromatic carbocycles. The largest absolute Gasteiger partial charge is 0.416 e. The van der Waals surface area contributed by atoms with E-state index < -0.39 is 29.4 Å². The lowest BCUT2D eigenvalue weighted by molar-refractivity contribution is -0.137. The van der Waals surface area contributed by atoms with Crippen LogP contribution in [0.5, 0.6) is 0 Å². The fraction of sp³-hybridized carbons (Fsp3) is 0.0952. The van der Waals surface area contributed by atoms with Crippen LogP contribution in [0, 0.1) is 5.82 Å². The Hall–Kier alpha value is -3.24. The second-order valence-electron chi connectivity index (χ2n) is 6.41. The Morgan fingerprint density at radius 3 is 2.59 bits per heavy atom. The topological polar surface area (TPSA) is 62.3 Å². The van der Waals surface area contributed by atoms with E-state index in [1.54, 1.807) is 0 Å². The van der Waals surface area contributed by atoms with Crippen LogP contribution >= 0.6 is 22.9 Å². The molecule has 1 heterocycles. The molecule has 5 nitrogen and oxygen atoms in total. The van der Waals surface area contributed by atoms with Gasteiger partial charge in [-0.3, -0.25) is 14.5 Å². The zero-order chi connectivity index (χ0) is 23.5. The van der Waals surface area contributed by atoms with Crippen LogP contribution in [0.15, 0.2) is 53.9 Å². The maximum absolute atomic E-state index is 13.2. The first kappa shape index (κ1) is 23.4. The average Bonchev–Trinajstić information content (AvgIpc) is 3.17. The third kappa shape index (κ3) is 5.71. The molecular weight excluding hydrogens is 470 g/mol. The Morgan fingerprint density at radius 2 is 1.94 bits per heavy atom. The summed E-state index contributed by atoms with van der Waals surface area (Å²) in [5.41, 5.74) is -0.272. The normalized spacial score (nSPS) is 11.6. The van der Waals surface area contributed by atoms with Gasteiger partial charge in [-0.05, 0) is 42.5 Å². The molecule has 0 saturated heterocycles. The monoisotopic (exact) mass is 483 g/mol. The number of nitrogens with one attached hydrogen (secondary N) is 1. The number of thiazole rings is 1. The first-order chi connectivity index (χ1) is 15.0. The summed E-state index contributed by atoms with van der Waals surface area (Å²) in [6.07, 6.45) is -2.03. The van der Waals surface area contributed by atoms with Gasteiger partial charge in [0.1, 0.15) is 5.82 Å². The molecular formula is C21H14ClF4N3O2S. The first-order valence-electron chi connectivity index (χ1n) is 8.92. The highest BCUT2D eigenvalue weighted by Gasteiger charge is 2.31. The predicted molar refractivity (Wildman–Crippen MR) is 115 cm³/mol. The second kappa shape index (κ2) is 9.49. The van der Waals surface area contributed by atoms with E-state index in [4.69, 9.17) is 11.6 Å². The van der Waals surface area contributed by atoms with E-state index in [1.807, 2.05) is 0 Å². The number of carbonyl (C=O) groups is 2. The van der Waals surface area contributed by atoms with Crippen LogP contribution in [0.4, 0.5) is 34.1 Å². The quantitative estimate of drug-likeness (QED) is 0.342. The van der Waals surface area contributed by atoms with Gasteiger partial charge in [0.15, 0.2) is 5.13 Å². The third-order valence-corrected chi connectivity index (χ3v) is 5.17. The highest BCUT2D eigenvalue weighted by molar-refractivity contribution is 7.14. The van der Waals surface area contributed by atoms with E-state index in [0.29, 0.717) is 5.69 Å². The Bertz CT molecular complexity index is 1190. The molecule has 0 atom stereocenters. The summed E-state index contributed by atoms with van der Waals surface area (Å²) in [5, 5.41) is 4.04. The maximum atomic E-state index is 13.2. The van der Waals surface area contributed by atoms with Crippen LogP contribution in [-0.4, -0.2) is 16.8 Å². The zero-order valence-corrected chi connectivity index (χ0v) is 17.9. The molecule has 0 bridgehead atoms. The molecule has 0 aliphatic carbocycles. The molecule has 0 saturated carbocycles. The average molecular weight is 484 g/mol. The summed E-state index contributed by atoms with van der Waals surface area (Å²) in [6, 6.07) is 8.04. The van der Waals surface area contributed by atoms with E-state index in [0.717, 1.165) is 34.4 Å². The molecule has 0 radical (unpaired) electrons. The predicted octanol–water partition coefficient (Wildman–Crippen LogP) is 6.29. The van der Waals surface area contributed by atoms with Crippen LogP contribution in [0.2, 0.25) is 5.02 Å². The summed E-state index contributed by atoms with van der Waals surface area (Å²) in [5.74, 6) is -1.69. The molecule has 1 aromatic heterocycles. The minimum Gasteiger partial charge on any atom is -0.322 e. The number of halogens is 5. The van der Waals surface area contributed by atoms with Crippen molar-refractivity contribution in [3.8, 4) is 0 Å². The van der Waals surface area contributed by atoms with E-state index in [2.05, 4.69) is 10.3 Å². The van der Waals surface area contributed by atoms with Gasteiger partial charge in [0.05, 0.1) is 22.0 Å². The number of aromatic nitrogens is 1. The molecule has 0 unspecified atom stereocenters. The lowest BCUT2D eigenvalue weighted by Crippen LogP contribution is -2.23. The fourth-order valence-electron chi connectivity index (χ4n) is 2.62. The molecule has 3 rings (SSSR count). The van der Waals surface area contributed by atoms with E-state index in [9.17, 15) is 27.2 Å². The number of benzene rings is 2. The van der Waals surface area contributed by atoms with Gasteiger partial charge in [0, 0.05) is 24.1 Å². The van der Waals surface area contributed by atoms with Crippen molar-refractivity contribution in [3.05, 3.63) is 76.0 Å². The lowest BCUT2D eigenvalue weighted by atomic mass is 10.2. The first-order valence-corrected chi connectivity index (χ1v) is 10.2. The fourth-order valence-corrected chi connectivity index (χ4v) is 3.66. The van der Waals surface area contributed by atoms with Gasteiger partial charge < -0.3 is 5.32 Å². The molecule has 32 heavy (non-hydrogen) atoms. The summed E-state index contributed by atoms with van der Waals surface area (Å²) in [4.78, 5) is 29.4. The van der Waals surface area contributed by atoms with Crippen LogP contribution in [-0.2, 0) is 15.8 Å². The van der Waals surface area contributed by atoms with Gasteiger partial charge >= 0.3 is 6.18 Å². The lowest BCUT2D eigenvalue weighted by Gasteiger charge is -2.19. The Kier molecular flexibility index (Phi) is 6.95. The van der Waals surface area contributed by atoms with Gasteiger partial charge in [-0.1, -0.05) is 17.7 Å². The molecule has 0 spiro atoms. The summed E-state index contributed by atoms with van der Waals surface area (Å²) >= 11 is 6.69. The minimum absolute atomic E-state index is 0.0168. The number of anilines is 3. The number of amides is 2. The smallest absolute Gasteiger partial charge is 0.322 e. The van der Waals surface area contributed by atoms with Crippen LogP contribution in [0.3, 0.4) is 0 Å². The summed E-state index contributed by atoms with van der Waals surface area (Å²) in [6.45, 7) is 1.21. The molecule has 1 N–H and O–H groups in total. The van der Waals surface area contributed by atoms with Gasteiger partial charge in [0.2, 0.25) is 11.8 Å². The van der Waals surface area contributed by atoms with Crippen LogP contribution < -0.4 is 10.2 Å². The minimum atomic E-state index is -4.56. The molecule has 11 heteroatoms. The van der Waals surface area contributed by atoms with E-state index in [1.165, 1.54) is 48.7 Å². The molecule has 3 aromatic rings. The molecule has 0 aliphatic heterocycles. The van der Waals surface area contributed by atoms with E-state index >= 15 is 0 Å². The molecule has 0 aliphatic rings. The van der Waals surface area contributed by atoms with Crippen molar-refractivity contribution in [1.29, 1.82) is 0 Å². The Balaban J connectivity index is 1.77. The van der Waals surface area contributed by atoms with E-state index in [-0.39, 0.29) is 21.5 Å². The standard InChI is InChI=1S/C21H14ClF4N3O2S/c1-12(30)29(16-4-2-3-13(9-16)21(24,25)26)20-28-15(11-32-20)6-8-19(31)27-14-5-7-18(23)17(22)10-14/h2-11H,1H3,(H,27,31)/b8-6+. The van der Waals surface area contributed by atoms with Crippen molar-refractivity contribution < 1.29 is 27.2 Å². The van der Waals surface area contributed by atoms with Gasteiger partial charge in [0.25, 0.3) is 0 Å². The molecule has 2 amide bonds. The van der Waals surface area contributed by atoms with Crippen molar-refractivity contribution >= 4 is 57.3 Å².